The van der Waals surface area contributed by atoms with Gasteiger partial charge in [0.05, 0.1) is 0 Å². The van der Waals surface area contributed by atoms with Gasteiger partial charge in [-0.1, -0.05) is 44.2 Å². The molecule has 1 aromatic carbocycles. The maximum absolute atomic E-state index is 13.0. The van der Waals surface area contributed by atoms with E-state index in [0.717, 1.165) is 0 Å². The van der Waals surface area contributed by atoms with Crippen LogP contribution in [-0.2, 0) is 4.79 Å². The zero-order chi connectivity index (χ0) is 14.6. The van der Waals surface area contributed by atoms with E-state index in [9.17, 15) is 18.0 Å². The summed E-state index contributed by atoms with van der Waals surface area (Å²) in [6, 6.07) is 5.56. The average Bonchev–Trinajstić information content (AvgIpc) is 2.28. The molecule has 1 atom stereocenters. The summed E-state index contributed by atoms with van der Waals surface area (Å²) in [6.07, 6.45) is -4.69. The molecule has 0 amide bonds. The Kier molecular flexibility index (Phi) is 8.19. The zero-order valence-corrected chi connectivity index (χ0v) is 14.6. The standard InChI is InChI=1S/C13H14F3NO2.K.H/c1-8(2)10(12(18)19)17-11(13(14,15)16)9-6-4-3-5-7-9;;/h3-8,10H,1-2H3,(H,18,19);;/q;+1;-1/t10-;;/m0../s1. The van der Waals surface area contributed by atoms with Gasteiger partial charge < -0.3 is 6.53 Å². The molecule has 1 rings (SSSR count). The number of carbonyl (C=O) groups is 1. The van der Waals surface area contributed by atoms with E-state index in [2.05, 4.69) is 4.99 Å². The van der Waals surface area contributed by atoms with E-state index in [4.69, 9.17) is 5.11 Å². The predicted octanol–water partition coefficient (Wildman–Crippen LogP) is 0.264. The number of aliphatic imine (C=N–C) groups is 1. The molecule has 1 N–H and O–H groups in total. The number of rotatable bonds is 4. The molecule has 20 heavy (non-hydrogen) atoms. The SMILES string of the molecule is CC(C)[C@H](N=C(c1ccccc1)C(F)(F)F)C(=O)O.[H-].[K+]. The van der Waals surface area contributed by atoms with Gasteiger partial charge >= 0.3 is 63.5 Å². The Morgan fingerprint density at radius 2 is 1.75 bits per heavy atom. The molecular formula is C13H15F3KNO2. The van der Waals surface area contributed by atoms with Crippen molar-refractivity contribution in [1.82, 2.24) is 0 Å². The van der Waals surface area contributed by atoms with Crippen LogP contribution in [0.15, 0.2) is 35.3 Å². The van der Waals surface area contributed by atoms with Crippen LogP contribution in [-0.4, -0.2) is 29.0 Å². The van der Waals surface area contributed by atoms with E-state index in [1.807, 2.05) is 0 Å². The number of aliphatic carboxylic acids is 1. The minimum atomic E-state index is -4.69. The van der Waals surface area contributed by atoms with Crippen LogP contribution in [0.1, 0.15) is 20.8 Å². The van der Waals surface area contributed by atoms with Crippen molar-refractivity contribution in [3.05, 3.63) is 35.9 Å². The van der Waals surface area contributed by atoms with Gasteiger partial charge in [-0.05, 0) is 5.92 Å². The van der Waals surface area contributed by atoms with Crippen LogP contribution in [0.4, 0.5) is 13.2 Å². The third-order valence-corrected chi connectivity index (χ3v) is 2.47. The van der Waals surface area contributed by atoms with Crippen molar-refractivity contribution < 1.29 is 75.9 Å². The predicted molar refractivity (Wildman–Crippen MR) is 66.4 cm³/mol. The van der Waals surface area contributed by atoms with E-state index in [0.29, 0.717) is 0 Å². The minimum Gasteiger partial charge on any atom is -1.00 e. The molecule has 1 aromatic rings. The molecule has 0 saturated heterocycles. The summed E-state index contributed by atoms with van der Waals surface area (Å²) < 4.78 is 38.9. The second-order valence-electron chi connectivity index (χ2n) is 4.37. The van der Waals surface area contributed by atoms with E-state index < -0.39 is 29.8 Å². The second kappa shape index (κ2) is 8.28. The number of hydrogen-bond acceptors (Lipinski definition) is 2. The summed E-state index contributed by atoms with van der Waals surface area (Å²) >= 11 is 0. The van der Waals surface area contributed by atoms with Crippen LogP contribution in [0, 0.1) is 5.92 Å². The summed E-state index contributed by atoms with van der Waals surface area (Å²) in [5, 5.41) is 8.93. The van der Waals surface area contributed by atoms with Crippen molar-refractivity contribution in [1.29, 1.82) is 0 Å². The molecule has 0 aliphatic heterocycles. The molecule has 0 heterocycles. The molecule has 0 aliphatic carbocycles. The van der Waals surface area contributed by atoms with E-state index in [1.165, 1.54) is 38.1 Å². The summed E-state index contributed by atoms with van der Waals surface area (Å²) in [7, 11) is 0. The molecule has 0 bridgehead atoms. The van der Waals surface area contributed by atoms with Gasteiger partial charge in [-0.3, -0.25) is 4.99 Å². The monoisotopic (exact) mass is 313 g/mol. The second-order valence-corrected chi connectivity index (χ2v) is 4.37. The maximum Gasteiger partial charge on any atom is 1.00 e. The van der Waals surface area contributed by atoms with Gasteiger partial charge in [0.25, 0.3) is 0 Å². The topological polar surface area (TPSA) is 49.7 Å². The fourth-order valence-corrected chi connectivity index (χ4v) is 1.54. The Labute approximate surface area is 159 Å². The molecule has 106 valence electrons. The van der Waals surface area contributed by atoms with E-state index >= 15 is 0 Å². The van der Waals surface area contributed by atoms with Gasteiger partial charge in [-0.2, -0.15) is 13.2 Å². The average molecular weight is 313 g/mol. The number of hydrogen-bond donors (Lipinski definition) is 1. The number of carboxylic acids is 1. The van der Waals surface area contributed by atoms with Gasteiger partial charge in [0.1, 0.15) is 11.8 Å². The quantitative estimate of drug-likeness (QED) is 0.640. The van der Waals surface area contributed by atoms with Crippen LogP contribution >= 0.6 is 0 Å². The Hall–Kier alpha value is -0.214. The normalized spacial score (nSPS) is 13.8. The van der Waals surface area contributed by atoms with Crippen LogP contribution in [0.2, 0.25) is 0 Å². The summed E-state index contributed by atoms with van der Waals surface area (Å²) in [4.78, 5) is 14.4. The first-order chi connectivity index (χ1) is 8.73. The number of nitrogens with zero attached hydrogens (tertiary/aromatic N) is 1. The third kappa shape index (κ3) is 5.65. The Balaban J connectivity index is 0. The zero-order valence-electron chi connectivity index (χ0n) is 12.5. The Morgan fingerprint density at radius 1 is 1.25 bits per heavy atom. The number of benzene rings is 1. The molecule has 0 saturated carbocycles. The van der Waals surface area contributed by atoms with Crippen molar-refractivity contribution >= 4 is 11.7 Å². The van der Waals surface area contributed by atoms with Crippen molar-refractivity contribution in [2.75, 3.05) is 0 Å². The third-order valence-electron chi connectivity index (χ3n) is 2.47. The van der Waals surface area contributed by atoms with Crippen molar-refractivity contribution in [2.24, 2.45) is 10.9 Å². The Bertz CT molecular complexity index is 478. The number of carboxylic acid groups (broad SMARTS) is 1. The van der Waals surface area contributed by atoms with Crippen molar-refractivity contribution in [2.45, 2.75) is 26.1 Å². The summed E-state index contributed by atoms with van der Waals surface area (Å²) in [6.45, 7) is 3.03. The van der Waals surface area contributed by atoms with E-state index in [-0.39, 0.29) is 58.4 Å². The van der Waals surface area contributed by atoms with Crippen LogP contribution < -0.4 is 51.4 Å². The first kappa shape index (κ1) is 19.8. The maximum atomic E-state index is 13.0. The van der Waals surface area contributed by atoms with Crippen molar-refractivity contribution in [3.63, 3.8) is 0 Å². The van der Waals surface area contributed by atoms with Gasteiger partial charge in [-0.15, -0.1) is 0 Å². The van der Waals surface area contributed by atoms with Crippen LogP contribution in [0.3, 0.4) is 0 Å². The molecule has 0 radical (unpaired) electrons. The van der Waals surface area contributed by atoms with Gasteiger partial charge in [0, 0.05) is 5.56 Å². The Morgan fingerprint density at radius 3 is 2.10 bits per heavy atom. The summed E-state index contributed by atoms with van der Waals surface area (Å²) in [5.74, 6) is -1.90. The minimum absolute atomic E-state index is 0. The van der Waals surface area contributed by atoms with Crippen molar-refractivity contribution in [3.8, 4) is 0 Å². The molecular weight excluding hydrogens is 298 g/mol. The fourth-order valence-electron chi connectivity index (χ4n) is 1.54. The molecule has 0 spiro atoms. The molecule has 7 heteroatoms. The van der Waals surface area contributed by atoms with Gasteiger partial charge in [0.15, 0.2) is 0 Å². The van der Waals surface area contributed by atoms with Crippen LogP contribution in [0.25, 0.3) is 0 Å². The molecule has 0 aliphatic rings. The van der Waals surface area contributed by atoms with Gasteiger partial charge in [0.2, 0.25) is 0 Å². The largest absolute Gasteiger partial charge is 1.00 e. The van der Waals surface area contributed by atoms with Crippen LogP contribution in [0.5, 0.6) is 0 Å². The molecule has 0 aromatic heterocycles. The van der Waals surface area contributed by atoms with Gasteiger partial charge in [-0.25, -0.2) is 4.79 Å². The first-order valence-electron chi connectivity index (χ1n) is 5.66. The number of halogens is 3. The first-order valence-corrected chi connectivity index (χ1v) is 5.66. The van der Waals surface area contributed by atoms with E-state index in [1.54, 1.807) is 6.07 Å². The molecule has 0 unspecified atom stereocenters. The molecule has 0 fully saturated rings. The smallest absolute Gasteiger partial charge is 1.00 e. The summed E-state index contributed by atoms with van der Waals surface area (Å²) in [5.41, 5.74) is -1.30. The number of alkyl halides is 3. The fraction of sp³-hybridized carbons (Fsp3) is 0.385. The molecule has 3 nitrogen and oxygen atoms in total.